The van der Waals surface area contributed by atoms with Crippen LogP contribution in [0, 0.1) is 5.92 Å². The molecule has 4 rings (SSSR count). The van der Waals surface area contributed by atoms with Gasteiger partial charge < -0.3 is 14.5 Å². The second-order valence-electron chi connectivity index (χ2n) is 7.13. The maximum Gasteiger partial charge on any atom is 0.268 e. The minimum Gasteiger partial charge on any atom is -0.493 e. The molecule has 2 aliphatic heterocycles. The van der Waals surface area contributed by atoms with Crippen LogP contribution in [0.3, 0.4) is 0 Å². The van der Waals surface area contributed by atoms with Crippen molar-refractivity contribution >= 4 is 11.6 Å². The first-order valence-electron chi connectivity index (χ1n) is 9.39. The molecule has 0 N–H and O–H groups in total. The topological polar surface area (TPSA) is 67.7 Å². The summed E-state index contributed by atoms with van der Waals surface area (Å²) in [6.07, 6.45) is 3.18. The van der Waals surface area contributed by atoms with Gasteiger partial charge >= 0.3 is 0 Å². The van der Waals surface area contributed by atoms with Crippen LogP contribution in [0.1, 0.15) is 12.0 Å². The van der Waals surface area contributed by atoms with Gasteiger partial charge in [-0.15, -0.1) is 0 Å². The van der Waals surface area contributed by atoms with Gasteiger partial charge in [0.25, 0.3) is 5.56 Å². The van der Waals surface area contributed by atoms with Crippen LogP contribution >= 0.6 is 0 Å². The van der Waals surface area contributed by atoms with Crippen molar-refractivity contribution in [1.82, 2.24) is 14.7 Å². The molecule has 2 aliphatic rings. The number of aryl methyl sites for hydroxylation is 1. The highest BCUT2D eigenvalue weighted by molar-refractivity contribution is 5.79. The van der Waals surface area contributed by atoms with Crippen LogP contribution in [0.15, 0.2) is 41.3 Å². The molecule has 0 bridgehead atoms. The van der Waals surface area contributed by atoms with E-state index in [1.54, 1.807) is 19.3 Å². The molecule has 3 heterocycles. The SMILES string of the molecule is Cn1ncc(N2CCN(C(=O)C3CCOc4ccccc4C3)CC2)cc1=O. The average Bonchev–Trinajstić information content (AvgIpc) is 2.92. The zero-order chi connectivity index (χ0) is 18.8. The van der Waals surface area contributed by atoms with Crippen LogP contribution in [0.4, 0.5) is 5.69 Å². The number of benzene rings is 1. The van der Waals surface area contributed by atoms with E-state index >= 15 is 0 Å². The number of para-hydroxylation sites is 1. The summed E-state index contributed by atoms with van der Waals surface area (Å²) in [4.78, 5) is 28.9. The first kappa shape index (κ1) is 17.6. The molecule has 0 aliphatic carbocycles. The van der Waals surface area contributed by atoms with Gasteiger partial charge in [0.2, 0.25) is 5.91 Å². The Hall–Kier alpha value is -2.83. The van der Waals surface area contributed by atoms with E-state index in [4.69, 9.17) is 4.74 Å². The fourth-order valence-electron chi connectivity index (χ4n) is 3.78. The summed E-state index contributed by atoms with van der Waals surface area (Å²) in [6.45, 7) is 3.31. The number of carbonyl (C=O) groups is 1. The number of anilines is 1. The minimum absolute atomic E-state index is 0.0362. The van der Waals surface area contributed by atoms with Crippen molar-refractivity contribution in [2.24, 2.45) is 13.0 Å². The first-order valence-corrected chi connectivity index (χ1v) is 9.39. The first-order chi connectivity index (χ1) is 13.1. The number of hydrogen-bond acceptors (Lipinski definition) is 5. The monoisotopic (exact) mass is 368 g/mol. The third-order valence-electron chi connectivity index (χ3n) is 5.42. The van der Waals surface area contributed by atoms with Crippen molar-refractivity contribution in [2.45, 2.75) is 12.8 Å². The second-order valence-corrected chi connectivity index (χ2v) is 7.13. The van der Waals surface area contributed by atoms with Crippen LogP contribution < -0.4 is 15.2 Å². The Morgan fingerprint density at radius 1 is 1.19 bits per heavy atom. The quantitative estimate of drug-likeness (QED) is 0.793. The number of ether oxygens (including phenoxy) is 1. The molecule has 7 nitrogen and oxygen atoms in total. The lowest BCUT2D eigenvalue weighted by Gasteiger charge is -2.37. The Morgan fingerprint density at radius 3 is 2.74 bits per heavy atom. The molecule has 1 saturated heterocycles. The van der Waals surface area contributed by atoms with Crippen molar-refractivity contribution in [1.29, 1.82) is 0 Å². The van der Waals surface area contributed by atoms with Crippen molar-refractivity contribution in [3.05, 3.63) is 52.4 Å². The molecule has 27 heavy (non-hydrogen) atoms. The number of carbonyl (C=O) groups excluding carboxylic acids is 1. The molecule has 0 radical (unpaired) electrons. The number of rotatable bonds is 2. The van der Waals surface area contributed by atoms with Gasteiger partial charge in [0.15, 0.2) is 0 Å². The van der Waals surface area contributed by atoms with Crippen LogP contribution in [0.2, 0.25) is 0 Å². The number of aromatic nitrogens is 2. The Kier molecular flexibility index (Phi) is 4.83. The fraction of sp³-hybridized carbons (Fsp3) is 0.450. The number of hydrogen-bond donors (Lipinski definition) is 0. The summed E-state index contributed by atoms with van der Waals surface area (Å²) >= 11 is 0. The fourth-order valence-corrected chi connectivity index (χ4v) is 3.78. The number of nitrogens with zero attached hydrogens (tertiary/aromatic N) is 4. The lowest BCUT2D eigenvalue weighted by atomic mass is 9.95. The van der Waals surface area contributed by atoms with E-state index in [9.17, 15) is 9.59 Å². The van der Waals surface area contributed by atoms with Crippen LogP contribution in [0.25, 0.3) is 0 Å². The van der Waals surface area contributed by atoms with Gasteiger partial charge in [-0.1, -0.05) is 18.2 Å². The normalized spacial score (nSPS) is 19.8. The van der Waals surface area contributed by atoms with Crippen molar-refractivity contribution in [3.8, 4) is 5.75 Å². The van der Waals surface area contributed by atoms with Gasteiger partial charge in [-0.3, -0.25) is 9.59 Å². The number of fused-ring (bicyclic) bond motifs is 1. The van der Waals surface area contributed by atoms with E-state index in [2.05, 4.69) is 10.00 Å². The predicted molar refractivity (Wildman–Crippen MR) is 102 cm³/mol. The lowest BCUT2D eigenvalue weighted by molar-refractivity contribution is -0.136. The van der Waals surface area contributed by atoms with Gasteiger partial charge in [0, 0.05) is 45.2 Å². The second kappa shape index (κ2) is 7.42. The third-order valence-corrected chi connectivity index (χ3v) is 5.42. The molecule has 0 spiro atoms. The van der Waals surface area contributed by atoms with Crippen LogP contribution in [0.5, 0.6) is 5.75 Å². The Balaban J connectivity index is 1.40. The molecule has 0 saturated carbocycles. The summed E-state index contributed by atoms with van der Waals surface area (Å²) in [5.41, 5.74) is 1.81. The van der Waals surface area contributed by atoms with E-state index in [1.807, 2.05) is 29.2 Å². The van der Waals surface area contributed by atoms with E-state index in [-0.39, 0.29) is 17.4 Å². The predicted octanol–water partition coefficient (Wildman–Crippen LogP) is 1.07. The highest BCUT2D eigenvalue weighted by atomic mass is 16.5. The van der Waals surface area contributed by atoms with E-state index in [1.165, 1.54) is 4.68 Å². The number of piperazine rings is 1. The molecule has 1 unspecified atom stereocenters. The van der Waals surface area contributed by atoms with Gasteiger partial charge in [-0.2, -0.15) is 5.10 Å². The summed E-state index contributed by atoms with van der Waals surface area (Å²) in [5.74, 6) is 1.07. The molecule has 1 aromatic carbocycles. The van der Waals surface area contributed by atoms with Crippen molar-refractivity contribution in [3.63, 3.8) is 0 Å². The maximum absolute atomic E-state index is 13.0. The van der Waals surface area contributed by atoms with Gasteiger partial charge in [-0.05, 0) is 24.5 Å². The molecule has 1 fully saturated rings. The lowest BCUT2D eigenvalue weighted by Crippen LogP contribution is -2.51. The highest BCUT2D eigenvalue weighted by Gasteiger charge is 2.30. The molecule has 142 valence electrons. The Bertz CT molecular complexity index is 887. The largest absolute Gasteiger partial charge is 0.493 e. The standard InChI is InChI=1S/C20H24N4O3/c1-22-19(25)13-17(14-21-22)23-7-9-24(10-8-23)20(26)16-6-11-27-18-5-3-2-4-15(18)12-16/h2-5,13-14,16H,6-12H2,1H3. The summed E-state index contributed by atoms with van der Waals surface area (Å²) < 4.78 is 7.11. The average molecular weight is 368 g/mol. The zero-order valence-electron chi connectivity index (χ0n) is 15.5. The van der Waals surface area contributed by atoms with E-state index in [0.717, 1.165) is 29.8 Å². The number of amides is 1. The van der Waals surface area contributed by atoms with Gasteiger partial charge in [0.1, 0.15) is 5.75 Å². The molecule has 7 heteroatoms. The van der Waals surface area contributed by atoms with Crippen molar-refractivity contribution < 1.29 is 9.53 Å². The Morgan fingerprint density at radius 2 is 1.96 bits per heavy atom. The summed E-state index contributed by atoms with van der Waals surface area (Å²) in [5, 5.41) is 4.08. The summed E-state index contributed by atoms with van der Waals surface area (Å²) in [6, 6.07) is 9.57. The molecular weight excluding hydrogens is 344 g/mol. The molecule has 1 atom stereocenters. The maximum atomic E-state index is 13.0. The van der Waals surface area contributed by atoms with Crippen molar-refractivity contribution in [2.75, 3.05) is 37.7 Å². The van der Waals surface area contributed by atoms with Gasteiger partial charge in [0.05, 0.1) is 18.5 Å². The highest BCUT2D eigenvalue weighted by Crippen LogP contribution is 2.28. The minimum atomic E-state index is -0.122. The van der Waals surface area contributed by atoms with Crippen LogP contribution in [-0.2, 0) is 18.3 Å². The van der Waals surface area contributed by atoms with Gasteiger partial charge in [-0.25, -0.2) is 4.68 Å². The zero-order valence-corrected chi connectivity index (χ0v) is 15.5. The van der Waals surface area contributed by atoms with Crippen LogP contribution in [-0.4, -0.2) is 53.4 Å². The summed E-state index contributed by atoms with van der Waals surface area (Å²) in [7, 11) is 1.64. The molecule has 2 aromatic rings. The third kappa shape index (κ3) is 3.67. The van der Waals surface area contributed by atoms with E-state index in [0.29, 0.717) is 32.8 Å². The van der Waals surface area contributed by atoms with E-state index < -0.39 is 0 Å². The molecule has 1 aromatic heterocycles. The Labute approximate surface area is 158 Å². The molecule has 1 amide bonds. The molecular formula is C20H24N4O3. The smallest absolute Gasteiger partial charge is 0.268 e.